The molecule has 0 aliphatic heterocycles. The van der Waals surface area contributed by atoms with E-state index in [1.165, 1.54) is 20.8 Å². The van der Waals surface area contributed by atoms with E-state index in [1.807, 2.05) is 13.8 Å². The van der Waals surface area contributed by atoms with Gasteiger partial charge in [0.05, 0.1) is 24.3 Å². The first-order chi connectivity index (χ1) is 17.1. The van der Waals surface area contributed by atoms with Gasteiger partial charge < -0.3 is 24.4 Å². The van der Waals surface area contributed by atoms with E-state index in [1.54, 1.807) is 24.3 Å². The first-order valence-electron chi connectivity index (χ1n) is 12.3. The second-order valence-corrected chi connectivity index (χ2v) is 8.62. The highest BCUT2D eigenvalue weighted by Crippen LogP contribution is 2.35. The third-order valence-corrected chi connectivity index (χ3v) is 5.66. The molecule has 196 valence electrons. The summed E-state index contributed by atoms with van der Waals surface area (Å²) in [6, 6.07) is 6.46. The number of carboxylic acids is 1. The zero-order chi connectivity index (χ0) is 26.8. The van der Waals surface area contributed by atoms with Gasteiger partial charge in [-0.1, -0.05) is 26.7 Å². The monoisotopic (exact) mass is 500 g/mol. The number of carboxylic acid groups (broad SMARTS) is 1. The predicted octanol–water partition coefficient (Wildman–Crippen LogP) is 5.40. The molecule has 0 heterocycles. The SMILES string of the molecule is CCCc1c(OCCCOc2c(C(C)=O)ccc(OC(C)C(=O)O)c2CCC)ccc(C(C)=O)c1O. The van der Waals surface area contributed by atoms with Crippen molar-refractivity contribution >= 4 is 17.5 Å². The Morgan fingerprint density at radius 1 is 0.833 bits per heavy atom. The van der Waals surface area contributed by atoms with Crippen molar-refractivity contribution in [3.05, 3.63) is 46.5 Å². The van der Waals surface area contributed by atoms with E-state index in [0.717, 1.165) is 12.8 Å². The van der Waals surface area contributed by atoms with Crippen molar-refractivity contribution in [1.82, 2.24) is 0 Å². The van der Waals surface area contributed by atoms with E-state index in [4.69, 9.17) is 14.2 Å². The first kappa shape index (κ1) is 28.7. The lowest BCUT2D eigenvalue weighted by Crippen LogP contribution is -2.23. The molecule has 2 aromatic carbocycles. The molecule has 0 saturated carbocycles. The molecular formula is C28H36O8. The smallest absolute Gasteiger partial charge is 0.344 e. The molecule has 0 amide bonds. The number of phenolic OH excluding ortho intramolecular Hbond substituents is 1. The molecule has 0 aromatic heterocycles. The Hall–Kier alpha value is -3.55. The molecule has 0 aliphatic rings. The molecule has 0 radical (unpaired) electrons. The van der Waals surface area contributed by atoms with Crippen molar-refractivity contribution < 1.29 is 38.8 Å². The van der Waals surface area contributed by atoms with Gasteiger partial charge in [0.15, 0.2) is 17.7 Å². The Kier molecular flexibility index (Phi) is 10.8. The number of phenols is 1. The van der Waals surface area contributed by atoms with Crippen molar-refractivity contribution in [2.45, 2.75) is 72.8 Å². The fraction of sp³-hybridized carbons (Fsp3) is 0.464. The number of ketones is 2. The van der Waals surface area contributed by atoms with Crippen LogP contribution in [0.25, 0.3) is 0 Å². The average molecular weight is 501 g/mol. The summed E-state index contributed by atoms with van der Waals surface area (Å²) in [7, 11) is 0. The fourth-order valence-corrected chi connectivity index (χ4v) is 3.83. The van der Waals surface area contributed by atoms with Crippen LogP contribution in [0.5, 0.6) is 23.0 Å². The second kappa shape index (κ2) is 13.5. The van der Waals surface area contributed by atoms with E-state index < -0.39 is 12.1 Å². The summed E-state index contributed by atoms with van der Waals surface area (Å²) in [6.45, 7) is 8.80. The standard InChI is InChI=1S/C28H36O8/c1-6-9-22-24(13-11-20(17(3)29)26(22)31)34-15-8-16-35-27-21(18(4)30)12-14-25(23(27)10-7-2)36-19(5)28(32)33/h11-14,19,31H,6-10,15-16H2,1-5H3,(H,32,33). The highest BCUT2D eigenvalue weighted by atomic mass is 16.5. The lowest BCUT2D eigenvalue weighted by atomic mass is 10.0. The molecule has 2 N–H and O–H groups in total. The number of benzene rings is 2. The number of hydrogen-bond donors (Lipinski definition) is 2. The fourth-order valence-electron chi connectivity index (χ4n) is 3.83. The lowest BCUT2D eigenvalue weighted by Gasteiger charge is -2.20. The number of carbonyl (C=O) groups is 3. The van der Waals surface area contributed by atoms with Crippen molar-refractivity contribution in [3.8, 4) is 23.0 Å². The third kappa shape index (κ3) is 7.23. The van der Waals surface area contributed by atoms with Gasteiger partial charge in [0.2, 0.25) is 0 Å². The zero-order valence-corrected chi connectivity index (χ0v) is 21.7. The van der Waals surface area contributed by atoms with Crippen LogP contribution in [0.1, 0.15) is 85.7 Å². The molecule has 8 heteroatoms. The minimum atomic E-state index is -1.09. The summed E-state index contributed by atoms with van der Waals surface area (Å²) in [4.78, 5) is 35.3. The predicted molar refractivity (Wildman–Crippen MR) is 136 cm³/mol. The van der Waals surface area contributed by atoms with E-state index in [0.29, 0.717) is 59.8 Å². The topological polar surface area (TPSA) is 119 Å². The van der Waals surface area contributed by atoms with E-state index in [2.05, 4.69) is 0 Å². The Morgan fingerprint density at radius 3 is 1.97 bits per heavy atom. The van der Waals surface area contributed by atoms with Crippen LogP contribution < -0.4 is 14.2 Å². The minimum Gasteiger partial charge on any atom is -0.507 e. The van der Waals surface area contributed by atoms with Gasteiger partial charge in [-0.2, -0.15) is 0 Å². The van der Waals surface area contributed by atoms with Crippen LogP contribution >= 0.6 is 0 Å². The zero-order valence-electron chi connectivity index (χ0n) is 21.7. The van der Waals surface area contributed by atoms with Crippen molar-refractivity contribution in [2.24, 2.45) is 0 Å². The lowest BCUT2D eigenvalue weighted by molar-refractivity contribution is -0.144. The van der Waals surface area contributed by atoms with Crippen molar-refractivity contribution in [2.75, 3.05) is 13.2 Å². The summed E-state index contributed by atoms with van der Waals surface area (Å²) >= 11 is 0. The Bertz CT molecular complexity index is 1090. The Labute approximate surface area is 212 Å². The van der Waals surface area contributed by atoms with E-state index in [-0.39, 0.29) is 29.5 Å². The maximum atomic E-state index is 12.3. The van der Waals surface area contributed by atoms with Crippen LogP contribution in [0.3, 0.4) is 0 Å². The minimum absolute atomic E-state index is 0.0409. The van der Waals surface area contributed by atoms with Gasteiger partial charge in [-0.05, 0) is 57.9 Å². The molecule has 2 aromatic rings. The summed E-state index contributed by atoms with van der Waals surface area (Å²) in [5.74, 6) is -0.200. The number of hydrogen-bond acceptors (Lipinski definition) is 7. The molecule has 2 rings (SSSR count). The molecule has 8 nitrogen and oxygen atoms in total. The normalized spacial score (nSPS) is 11.6. The molecule has 0 spiro atoms. The van der Waals surface area contributed by atoms with Crippen LogP contribution in [-0.2, 0) is 17.6 Å². The van der Waals surface area contributed by atoms with Gasteiger partial charge in [-0.25, -0.2) is 4.79 Å². The van der Waals surface area contributed by atoms with Crippen molar-refractivity contribution in [1.29, 1.82) is 0 Å². The molecular weight excluding hydrogens is 464 g/mol. The van der Waals surface area contributed by atoms with Crippen molar-refractivity contribution in [3.63, 3.8) is 0 Å². The van der Waals surface area contributed by atoms with Gasteiger partial charge in [0.1, 0.15) is 23.0 Å². The summed E-state index contributed by atoms with van der Waals surface area (Å²) in [5, 5.41) is 19.7. The van der Waals surface area contributed by atoms with Gasteiger partial charge in [0.25, 0.3) is 0 Å². The highest BCUT2D eigenvalue weighted by Gasteiger charge is 2.22. The van der Waals surface area contributed by atoms with Gasteiger partial charge in [0, 0.05) is 17.5 Å². The number of Topliss-reactive ketones (excluding diaryl/α,β-unsaturated/α-hetero) is 2. The van der Waals surface area contributed by atoms with E-state index in [9.17, 15) is 24.6 Å². The van der Waals surface area contributed by atoms with Crippen LogP contribution in [0, 0.1) is 0 Å². The number of carbonyl (C=O) groups excluding carboxylic acids is 2. The van der Waals surface area contributed by atoms with Gasteiger partial charge in [-0.15, -0.1) is 0 Å². The Balaban J connectivity index is 2.17. The van der Waals surface area contributed by atoms with Crippen LogP contribution in [0.2, 0.25) is 0 Å². The molecule has 1 unspecified atom stereocenters. The molecule has 0 saturated heterocycles. The molecule has 0 bridgehead atoms. The second-order valence-electron chi connectivity index (χ2n) is 8.62. The number of ether oxygens (including phenoxy) is 3. The molecule has 0 fully saturated rings. The average Bonchev–Trinajstić information content (AvgIpc) is 2.82. The first-order valence-corrected chi connectivity index (χ1v) is 12.3. The molecule has 0 aliphatic carbocycles. The van der Waals surface area contributed by atoms with Gasteiger partial charge >= 0.3 is 5.97 Å². The number of rotatable bonds is 15. The maximum absolute atomic E-state index is 12.3. The summed E-state index contributed by atoms with van der Waals surface area (Å²) < 4.78 is 17.6. The van der Waals surface area contributed by atoms with Crippen LogP contribution in [-0.4, -0.2) is 47.1 Å². The van der Waals surface area contributed by atoms with Gasteiger partial charge in [-0.3, -0.25) is 9.59 Å². The van der Waals surface area contributed by atoms with Crippen LogP contribution in [0.15, 0.2) is 24.3 Å². The highest BCUT2D eigenvalue weighted by molar-refractivity contribution is 5.98. The third-order valence-electron chi connectivity index (χ3n) is 5.66. The van der Waals surface area contributed by atoms with E-state index >= 15 is 0 Å². The largest absolute Gasteiger partial charge is 0.507 e. The molecule has 36 heavy (non-hydrogen) atoms. The summed E-state index contributed by atoms with van der Waals surface area (Å²) in [5.41, 5.74) is 1.94. The molecule has 1 atom stereocenters. The number of aromatic hydroxyl groups is 1. The maximum Gasteiger partial charge on any atom is 0.344 e. The Morgan fingerprint density at radius 2 is 1.39 bits per heavy atom. The summed E-state index contributed by atoms with van der Waals surface area (Å²) in [6.07, 6.45) is 2.09. The van der Waals surface area contributed by atoms with Crippen LogP contribution in [0.4, 0.5) is 0 Å². The number of aliphatic carboxylic acids is 1. The quantitative estimate of drug-likeness (QED) is 0.246.